The van der Waals surface area contributed by atoms with Gasteiger partial charge in [0, 0.05) is 24.6 Å². The molecule has 0 radical (unpaired) electrons. The highest BCUT2D eigenvalue weighted by Gasteiger charge is 2.18. The van der Waals surface area contributed by atoms with Gasteiger partial charge in [0.05, 0.1) is 5.92 Å². The normalized spacial score (nSPS) is 11.9. The second-order valence-electron chi connectivity index (χ2n) is 4.80. The summed E-state index contributed by atoms with van der Waals surface area (Å²) in [5.74, 6) is -0.282. The van der Waals surface area contributed by atoms with Crippen molar-refractivity contribution in [2.75, 3.05) is 11.9 Å². The summed E-state index contributed by atoms with van der Waals surface area (Å²) in [6.45, 7) is 2.24. The first-order chi connectivity index (χ1) is 9.70. The van der Waals surface area contributed by atoms with Crippen LogP contribution in [0.3, 0.4) is 0 Å². The van der Waals surface area contributed by atoms with Gasteiger partial charge in [-0.1, -0.05) is 30.3 Å². The number of nitrogens with one attached hydrogen (secondary N) is 1. The van der Waals surface area contributed by atoms with E-state index in [1.807, 2.05) is 37.3 Å². The number of carbonyl (C=O) groups excluding carboxylic acids is 1. The van der Waals surface area contributed by atoms with Crippen LogP contribution in [0.5, 0.6) is 0 Å². The lowest BCUT2D eigenvalue weighted by atomic mass is 9.98. The van der Waals surface area contributed by atoms with Gasteiger partial charge in [-0.15, -0.1) is 0 Å². The first-order valence-electron chi connectivity index (χ1n) is 6.66. The lowest BCUT2D eigenvalue weighted by molar-refractivity contribution is -0.119. The van der Waals surface area contributed by atoms with Crippen LogP contribution in [-0.2, 0) is 11.2 Å². The largest absolute Gasteiger partial charge is 0.330 e. The Morgan fingerprint density at radius 3 is 2.70 bits per heavy atom. The van der Waals surface area contributed by atoms with Crippen molar-refractivity contribution in [2.24, 2.45) is 11.7 Å². The molecule has 104 valence electrons. The van der Waals surface area contributed by atoms with Crippen LogP contribution in [0.1, 0.15) is 11.1 Å². The summed E-state index contributed by atoms with van der Waals surface area (Å²) in [5.41, 5.74) is 8.58. The van der Waals surface area contributed by atoms with Crippen molar-refractivity contribution in [3.63, 3.8) is 0 Å². The van der Waals surface area contributed by atoms with Crippen molar-refractivity contribution in [3.05, 3.63) is 59.9 Å². The van der Waals surface area contributed by atoms with Gasteiger partial charge in [0.2, 0.25) is 5.91 Å². The number of carbonyl (C=O) groups is 1. The van der Waals surface area contributed by atoms with Crippen LogP contribution in [0.4, 0.5) is 5.69 Å². The van der Waals surface area contributed by atoms with E-state index >= 15 is 0 Å². The molecular formula is C16H19N3O. The zero-order valence-corrected chi connectivity index (χ0v) is 11.5. The third kappa shape index (κ3) is 3.65. The van der Waals surface area contributed by atoms with Gasteiger partial charge in [-0.05, 0) is 30.5 Å². The van der Waals surface area contributed by atoms with Crippen molar-refractivity contribution in [1.82, 2.24) is 4.98 Å². The number of aromatic nitrogens is 1. The monoisotopic (exact) mass is 269 g/mol. The first kappa shape index (κ1) is 14.2. The molecule has 4 nitrogen and oxygen atoms in total. The molecule has 0 aliphatic heterocycles. The number of amides is 1. The van der Waals surface area contributed by atoms with Gasteiger partial charge in [0.25, 0.3) is 0 Å². The smallest absolute Gasteiger partial charge is 0.229 e. The zero-order chi connectivity index (χ0) is 14.4. The summed E-state index contributed by atoms with van der Waals surface area (Å²) < 4.78 is 0. The van der Waals surface area contributed by atoms with Gasteiger partial charge < -0.3 is 11.1 Å². The summed E-state index contributed by atoms with van der Waals surface area (Å²) in [5, 5.41) is 2.92. The minimum Gasteiger partial charge on any atom is -0.330 e. The van der Waals surface area contributed by atoms with Crippen LogP contribution in [0.15, 0.2) is 48.8 Å². The number of nitrogens with zero attached hydrogens (tertiary/aromatic N) is 1. The van der Waals surface area contributed by atoms with E-state index in [0.717, 1.165) is 16.8 Å². The Kier molecular flexibility index (Phi) is 4.85. The fraction of sp³-hybridized carbons (Fsp3) is 0.250. The molecule has 1 unspecified atom stereocenters. The van der Waals surface area contributed by atoms with Gasteiger partial charge in [-0.3, -0.25) is 9.78 Å². The van der Waals surface area contributed by atoms with Crippen molar-refractivity contribution in [1.29, 1.82) is 0 Å². The van der Waals surface area contributed by atoms with Crippen molar-refractivity contribution < 1.29 is 4.79 Å². The number of anilines is 1. The van der Waals surface area contributed by atoms with Crippen LogP contribution < -0.4 is 11.1 Å². The summed E-state index contributed by atoms with van der Waals surface area (Å²) in [7, 11) is 0. The molecule has 1 atom stereocenters. The van der Waals surface area contributed by atoms with E-state index in [0.29, 0.717) is 13.0 Å². The highest BCUT2D eigenvalue weighted by Crippen LogP contribution is 2.15. The minimum absolute atomic E-state index is 0.0503. The third-order valence-electron chi connectivity index (χ3n) is 3.26. The van der Waals surface area contributed by atoms with Crippen molar-refractivity contribution >= 4 is 11.6 Å². The number of hydrogen-bond donors (Lipinski definition) is 2. The molecule has 0 aliphatic rings. The second kappa shape index (κ2) is 6.82. The first-order valence-corrected chi connectivity index (χ1v) is 6.66. The van der Waals surface area contributed by atoms with E-state index in [4.69, 9.17) is 5.73 Å². The Morgan fingerprint density at radius 2 is 2.05 bits per heavy atom. The lowest BCUT2D eigenvalue weighted by Gasteiger charge is -2.16. The fourth-order valence-electron chi connectivity index (χ4n) is 2.03. The van der Waals surface area contributed by atoms with E-state index in [1.165, 1.54) is 0 Å². The van der Waals surface area contributed by atoms with Crippen LogP contribution in [0.2, 0.25) is 0 Å². The molecule has 1 aromatic heterocycles. The predicted octanol–water partition coefficient (Wildman–Crippen LogP) is 2.15. The Balaban J connectivity index is 2.04. The molecule has 0 saturated heterocycles. The molecule has 0 aliphatic carbocycles. The molecule has 0 bridgehead atoms. The summed E-state index contributed by atoms with van der Waals surface area (Å²) in [6.07, 6.45) is 4.04. The quantitative estimate of drug-likeness (QED) is 0.874. The molecule has 2 rings (SSSR count). The van der Waals surface area contributed by atoms with Crippen LogP contribution in [-0.4, -0.2) is 17.4 Å². The maximum atomic E-state index is 12.3. The van der Waals surface area contributed by atoms with E-state index in [-0.39, 0.29) is 11.8 Å². The zero-order valence-electron chi connectivity index (χ0n) is 11.5. The SMILES string of the molecule is Cc1cnccc1NC(=O)C(CN)Cc1ccccc1. The highest BCUT2D eigenvalue weighted by molar-refractivity contribution is 5.93. The minimum atomic E-state index is -0.232. The number of pyridine rings is 1. The van der Waals surface area contributed by atoms with Gasteiger partial charge in [0.15, 0.2) is 0 Å². The summed E-state index contributed by atoms with van der Waals surface area (Å²) in [6, 6.07) is 11.7. The molecule has 20 heavy (non-hydrogen) atoms. The molecule has 0 spiro atoms. The van der Waals surface area contributed by atoms with E-state index in [1.54, 1.807) is 18.5 Å². The highest BCUT2D eigenvalue weighted by atomic mass is 16.1. The predicted molar refractivity (Wildman–Crippen MR) is 80.3 cm³/mol. The molecule has 4 heteroatoms. The van der Waals surface area contributed by atoms with Gasteiger partial charge >= 0.3 is 0 Å². The molecular weight excluding hydrogens is 250 g/mol. The number of hydrogen-bond acceptors (Lipinski definition) is 3. The molecule has 1 aromatic carbocycles. The Hall–Kier alpha value is -2.20. The van der Waals surface area contributed by atoms with Crippen LogP contribution >= 0.6 is 0 Å². The maximum absolute atomic E-state index is 12.3. The molecule has 2 aromatic rings. The molecule has 0 saturated carbocycles. The van der Waals surface area contributed by atoms with E-state index < -0.39 is 0 Å². The Bertz CT molecular complexity index is 569. The fourth-order valence-corrected chi connectivity index (χ4v) is 2.03. The second-order valence-corrected chi connectivity index (χ2v) is 4.80. The van der Waals surface area contributed by atoms with Crippen molar-refractivity contribution in [3.8, 4) is 0 Å². The molecule has 1 heterocycles. The summed E-state index contributed by atoms with van der Waals surface area (Å²) >= 11 is 0. The topological polar surface area (TPSA) is 68.0 Å². The summed E-state index contributed by atoms with van der Waals surface area (Å²) in [4.78, 5) is 16.3. The Morgan fingerprint density at radius 1 is 1.30 bits per heavy atom. The molecule has 3 N–H and O–H groups in total. The molecule has 1 amide bonds. The van der Waals surface area contributed by atoms with E-state index in [9.17, 15) is 4.79 Å². The number of benzene rings is 1. The average Bonchev–Trinajstić information content (AvgIpc) is 2.48. The van der Waals surface area contributed by atoms with Crippen LogP contribution in [0.25, 0.3) is 0 Å². The molecule has 0 fully saturated rings. The number of aryl methyl sites for hydroxylation is 1. The lowest BCUT2D eigenvalue weighted by Crippen LogP contribution is -2.31. The average molecular weight is 269 g/mol. The standard InChI is InChI=1S/C16H19N3O/c1-12-11-18-8-7-15(12)19-16(20)14(10-17)9-13-5-3-2-4-6-13/h2-8,11,14H,9-10,17H2,1H3,(H,18,19,20). The van der Waals surface area contributed by atoms with E-state index in [2.05, 4.69) is 10.3 Å². The van der Waals surface area contributed by atoms with Gasteiger partial charge in [0.1, 0.15) is 0 Å². The number of nitrogens with two attached hydrogens (primary N) is 1. The number of rotatable bonds is 5. The third-order valence-corrected chi connectivity index (χ3v) is 3.26. The van der Waals surface area contributed by atoms with Gasteiger partial charge in [-0.2, -0.15) is 0 Å². The van der Waals surface area contributed by atoms with Crippen molar-refractivity contribution in [2.45, 2.75) is 13.3 Å². The maximum Gasteiger partial charge on any atom is 0.229 e. The Labute approximate surface area is 119 Å². The van der Waals surface area contributed by atoms with Gasteiger partial charge in [-0.25, -0.2) is 0 Å². The van der Waals surface area contributed by atoms with Crippen LogP contribution in [0, 0.1) is 12.8 Å².